The second-order valence-electron chi connectivity index (χ2n) is 4.72. The maximum absolute atomic E-state index is 13.7. The molecule has 0 aliphatic rings. The molecule has 0 aliphatic carbocycles. The van der Waals surface area contributed by atoms with Crippen LogP contribution in [0, 0.1) is 12.7 Å². The van der Waals surface area contributed by atoms with Crippen molar-refractivity contribution in [3.63, 3.8) is 0 Å². The topological polar surface area (TPSA) is 30.7 Å². The normalized spacial score (nSPS) is 10.9. The highest BCUT2D eigenvalue weighted by atomic mass is 35.5. The minimum Gasteiger partial charge on any atom is -0.274 e. The number of halogens is 2. The number of aromatic nitrogens is 3. The van der Waals surface area contributed by atoms with Gasteiger partial charge in [0, 0.05) is 16.5 Å². The molecular formula is C16H13ClFN3S. The lowest BCUT2D eigenvalue weighted by atomic mass is 10.2. The number of hydrogen-bond donors (Lipinski definition) is 0. The maximum atomic E-state index is 13.7. The fourth-order valence-electron chi connectivity index (χ4n) is 2.08. The van der Waals surface area contributed by atoms with Gasteiger partial charge in [0.1, 0.15) is 11.6 Å². The summed E-state index contributed by atoms with van der Waals surface area (Å²) in [4.78, 5) is 0. The van der Waals surface area contributed by atoms with E-state index in [-0.39, 0.29) is 5.82 Å². The van der Waals surface area contributed by atoms with E-state index in [1.54, 1.807) is 12.1 Å². The Hall–Kier alpha value is -1.85. The van der Waals surface area contributed by atoms with Gasteiger partial charge in [-0.2, -0.15) is 0 Å². The Bertz CT molecular complexity index is 786. The molecule has 0 spiro atoms. The van der Waals surface area contributed by atoms with Gasteiger partial charge in [-0.3, -0.25) is 4.57 Å². The van der Waals surface area contributed by atoms with Crippen LogP contribution in [0.25, 0.3) is 5.69 Å². The summed E-state index contributed by atoms with van der Waals surface area (Å²) in [5, 5.41) is 9.70. The number of hydrogen-bond acceptors (Lipinski definition) is 3. The zero-order valence-corrected chi connectivity index (χ0v) is 13.4. The lowest BCUT2D eigenvalue weighted by Gasteiger charge is -2.08. The van der Waals surface area contributed by atoms with E-state index in [4.69, 9.17) is 11.6 Å². The minimum atomic E-state index is -0.204. The second kappa shape index (κ2) is 6.50. The molecule has 22 heavy (non-hydrogen) atoms. The van der Waals surface area contributed by atoms with E-state index in [2.05, 4.69) is 10.2 Å². The lowest BCUT2D eigenvalue weighted by molar-refractivity contribution is 0.617. The predicted octanol–water partition coefficient (Wildman–Crippen LogP) is 4.66. The van der Waals surface area contributed by atoms with Crippen LogP contribution in [-0.2, 0) is 5.75 Å². The molecule has 6 heteroatoms. The van der Waals surface area contributed by atoms with Gasteiger partial charge in [0.05, 0.1) is 0 Å². The van der Waals surface area contributed by atoms with Crippen molar-refractivity contribution in [2.24, 2.45) is 0 Å². The van der Waals surface area contributed by atoms with Crippen LogP contribution in [0.2, 0.25) is 5.02 Å². The Morgan fingerprint density at radius 3 is 2.55 bits per heavy atom. The van der Waals surface area contributed by atoms with Gasteiger partial charge < -0.3 is 0 Å². The molecule has 1 heterocycles. The summed E-state index contributed by atoms with van der Waals surface area (Å²) >= 11 is 7.37. The van der Waals surface area contributed by atoms with Crippen LogP contribution in [0.15, 0.2) is 53.7 Å². The van der Waals surface area contributed by atoms with Crippen molar-refractivity contribution in [2.75, 3.05) is 0 Å². The molecule has 0 saturated heterocycles. The molecule has 0 atom stereocenters. The molecule has 0 aliphatic heterocycles. The Balaban J connectivity index is 1.86. The van der Waals surface area contributed by atoms with Gasteiger partial charge in [0.15, 0.2) is 5.16 Å². The number of aryl methyl sites for hydroxylation is 1. The Morgan fingerprint density at radius 2 is 1.82 bits per heavy atom. The van der Waals surface area contributed by atoms with E-state index in [0.717, 1.165) is 16.7 Å². The van der Waals surface area contributed by atoms with Crippen molar-refractivity contribution in [1.82, 2.24) is 14.8 Å². The van der Waals surface area contributed by atoms with Crippen LogP contribution in [0.4, 0.5) is 4.39 Å². The average Bonchev–Trinajstić information content (AvgIpc) is 2.88. The van der Waals surface area contributed by atoms with E-state index in [1.807, 2.05) is 41.8 Å². The van der Waals surface area contributed by atoms with E-state index in [1.165, 1.54) is 17.8 Å². The molecule has 3 nitrogen and oxygen atoms in total. The highest BCUT2D eigenvalue weighted by Gasteiger charge is 2.12. The average molecular weight is 334 g/mol. The molecule has 3 rings (SSSR count). The number of thioether (sulfide) groups is 1. The Labute approximate surface area is 137 Å². The summed E-state index contributed by atoms with van der Waals surface area (Å²) in [7, 11) is 0. The smallest absolute Gasteiger partial charge is 0.196 e. The second-order valence-corrected chi connectivity index (χ2v) is 6.10. The van der Waals surface area contributed by atoms with Gasteiger partial charge in [0.25, 0.3) is 0 Å². The zero-order valence-electron chi connectivity index (χ0n) is 11.8. The summed E-state index contributed by atoms with van der Waals surface area (Å²) < 4.78 is 15.6. The molecule has 0 unspecified atom stereocenters. The fraction of sp³-hybridized carbons (Fsp3) is 0.125. The molecule has 0 fully saturated rings. The number of benzene rings is 2. The van der Waals surface area contributed by atoms with Crippen molar-refractivity contribution in [3.05, 3.63) is 70.8 Å². The van der Waals surface area contributed by atoms with Crippen molar-refractivity contribution in [1.29, 1.82) is 0 Å². The van der Waals surface area contributed by atoms with E-state index in [9.17, 15) is 4.39 Å². The van der Waals surface area contributed by atoms with Gasteiger partial charge in [-0.25, -0.2) is 4.39 Å². The van der Waals surface area contributed by atoms with Gasteiger partial charge >= 0.3 is 0 Å². The van der Waals surface area contributed by atoms with Crippen molar-refractivity contribution >= 4 is 23.4 Å². The summed E-state index contributed by atoms with van der Waals surface area (Å²) in [6.07, 6.45) is 0. The molecular weight excluding hydrogens is 321 g/mol. The van der Waals surface area contributed by atoms with Crippen LogP contribution in [0.3, 0.4) is 0 Å². The van der Waals surface area contributed by atoms with Gasteiger partial charge in [0.2, 0.25) is 0 Å². The third-order valence-electron chi connectivity index (χ3n) is 3.19. The molecule has 0 saturated carbocycles. The van der Waals surface area contributed by atoms with E-state index >= 15 is 0 Å². The first-order valence-electron chi connectivity index (χ1n) is 6.69. The van der Waals surface area contributed by atoms with Crippen LogP contribution in [0.1, 0.15) is 11.4 Å². The predicted molar refractivity (Wildman–Crippen MR) is 87.1 cm³/mol. The van der Waals surface area contributed by atoms with Crippen LogP contribution >= 0.6 is 23.4 Å². The standard InChI is InChI=1S/C16H13ClFN3S/c1-11-19-20-16(21(11)14-8-6-13(17)7-9-14)22-10-12-4-2-3-5-15(12)18/h2-9H,10H2,1H3. The van der Waals surface area contributed by atoms with Crippen molar-refractivity contribution in [2.45, 2.75) is 17.8 Å². The summed E-state index contributed by atoms with van der Waals surface area (Å²) in [5.74, 6) is 1.07. The van der Waals surface area contributed by atoms with Gasteiger partial charge in [-0.15, -0.1) is 10.2 Å². The molecule has 0 bridgehead atoms. The van der Waals surface area contributed by atoms with Crippen molar-refractivity contribution < 1.29 is 4.39 Å². The maximum Gasteiger partial charge on any atom is 0.196 e. The molecule has 112 valence electrons. The summed E-state index contributed by atoms with van der Waals surface area (Å²) in [6.45, 7) is 1.88. The first-order chi connectivity index (χ1) is 10.6. The molecule has 0 N–H and O–H groups in total. The third-order valence-corrected chi connectivity index (χ3v) is 4.42. The molecule has 2 aromatic carbocycles. The highest BCUT2D eigenvalue weighted by Crippen LogP contribution is 2.26. The Morgan fingerprint density at radius 1 is 1.09 bits per heavy atom. The monoisotopic (exact) mass is 333 g/mol. The molecule has 0 amide bonds. The van der Waals surface area contributed by atoms with Crippen LogP contribution < -0.4 is 0 Å². The highest BCUT2D eigenvalue weighted by molar-refractivity contribution is 7.98. The van der Waals surface area contributed by atoms with Crippen molar-refractivity contribution in [3.8, 4) is 5.69 Å². The summed E-state index contributed by atoms with van der Waals surface area (Å²) in [6, 6.07) is 14.2. The minimum absolute atomic E-state index is 0.204. The van der Waals surface area contributed by atoms with Gasteiger partial charge in [-0.05, 0) is 42.8 Å². The first kappa shape index (κ1) is 15.1. The lowest BCUT2D eigenvalue weighted by Crippen LogP contribution is -1.99. The fourth-order valence-corrected chi connectivity index (χ4v) is 3.19. The number of nitrogens with zero attached hydrogens (tertiary/aromatic N) is 3. The largest absolute Gasteiger partial charge is 0.274 e. The molecule has 3 aromatic rings. The SMILES string of the molecule is Cc1nnc(SCc2ccccc2F)n1-c1ccc(Cl)cc1. The van der Waals surface area contributed by atoms with Crippen LogP contribution in [-0.4, -0.2) is 14.8 Å². The molecule has 1 aromatic heterocycles. The third kappa shape index (κ3) is 3.15. The number of rotatable bonds is 4. The zero-order chi connectivity index (χ0) is 15.5. The van der Waals surface area contributed by atoms with E-state index < -0.39 is 0 Å². The quantitative estimate of drug-likeness (QED) is 0.650. The molecule has 0 radical (unpaired) electrons. The van der Waals surface area contributed by atoms with Gasteiger partial charge in [-0.1, -0.05) is 41.6 Å². The first-order valence-corrected chi connectivity index (χ1v) is 8.05. The van der Waals surface area contributed by atoms with E-state index in [0.29, 0.717) is 16.3 Å². The van der Waals surface area contributed by atoms with Crippen LogP contribution in [0.5, 0.6) is 0 Å². The Kier molecular flexibility index (Phi) is 4.45. The summed E-state index contributed by atoms with van der Waals surface area (Å²) in [5.41, 5.74) is 1.58.